The van der Waals surface area contributed by atoms with Crippen LogP contribution < -0.4 is 9.62 Å². The second-order valence-electron chi connectivity index (χ2n) is 7.07. The van der Waals surface area contributed by atoms with Crippen molar-refractivity contribution in [3.8, 4) is 11.3 Å². The fourth-order valence-electron chi connectivity index (χ4n) is 3.55. The maximum atomic E-state index is 12.7. The maximum absolute atomic E-state index is 12.7. The van der Waals surface area contributed by atoms with Crippen molar-refractivity contribution in [1.82, 2.24) is 9.97 Å². The molecule has 3 heterocycles. The Morgan fingerprint density at radius 3 is 2.63 bits per heavy atom. The van der Waals surface area contributed by atoms with Crippen LogP contribution in [0.3, 0.4) is 0 Å². The zero-order chi connectivity index (χ0) is 20.7. The van der Waals surface area contributed by atoms with E-state index >= 15 is 0 Å². The molecule has 0 radical (unpaired) electrons. The third kappa shape index (κ3) is 3.21. The number of sulfonamides is 1. The number of aromatic amines is 1. The van der Waals surface area contributed by atoms with Gasteiger partial charge in [0.25, 0.3) is 5.91 Å². The minimum Gasteiger partial charge on any atom is -0.359 e. The molecule has 0 saturated carbocycles. The van der Waals surface area contributed by atoms with E-state index in [0.717, 1.165) is 22.2 Å². The zero-order valence-electron chi connectivity index (χ0n) is 15.9. The van der Waals surface area contributed by atoms with Gasteiger partial charge in [-0.25, -0.2) is 8.42 Å². The Bertz CT molecular complexity index is 1360. The molecule has 2 aromatic heterocycles. The highest BCUT2D eigenvalue weighted by Gasteiger charge is 2.32. The van der Waals surface area contributed by atoms with Crippen molar-refractivity contribution in [2.45, 2.75) is 0 Å². The standard InChI is InChI=1S/C22H18N4O3S/c27-22(16-4-6-19(7-5-16)26-12-13-30(26,28)29)25-18-3-1-2-17(14-18)21-20-15(8-10-23-20)9-11-24-21/h1-11,14,23H,12-13H2,(H,25,27). The lowest BCUT2D eigenvalue weighted by molar-refractivity contribution is 0.102. The SMILES string of the molecule is O=C(Nc1cccc(-c2nccc3cc[nH]c23)c1)c1ccc(N2CCS2(=O)=O)cc1. The lowest BCUT2D eigenvalue weighted by Crippen LogP contribution is -2.47. The van der Waals surface area contributed by atoms with Gasteiger partial charge in [0.2, 0.25) is 10.0 Å². The second kappa shape index (κ2) is 7.00. The summed E-state index contributed by atoms with van der Waals surface area (Å²) in [5, 5.41) is 3.96. The molecule has 0 atom stereocenters. The Kier molecular flexibility index (Phi) is 4.29. The number of nitrogens with one attached hydrogen (secondary N) is 2. The number of aromatic nitrogens is 2. The van der Waals surface area contributed by atoms with Crippen LogP contribution in [-0.4, -0.2) is 36.6 Å². The second-order valence-corrected chi connectivity index (χ2v) is 9.08. The number of carbonyl (C=O) groups is 1. The number of benzene rings is 2. The van der Waals surface area contributed by atoms with Crippen LogP contribution in [0.15, 0.2) is 73.1 Å². The first-order valence-electron chi connectivity index (χ1n) is 9.46. The van der Waals surface area contributed by atoms with Crippen LogP contribution in [0.25, 0.3) is 22.2 Å². The number of carbonyl (C=O) groups excluding carboxylic acids is 1. The van der Waals surface area contributed by atoms with Crippen molar-refractivity contribution in [1.29, 1.82) is 0 Å². The monoisotopic (exact) mass is 418 g/mol. The summed E-state index contributed by atoms with van der Waals surface area (Å²) >= 11 is 0. The summed E-state index contributed by atoms with van der Waals surface area (Å²) in [4.78, 5) is 20.3. The highest BCUT2D eigenvalue weighted by molar-refractivity contribution is 7.94. The largest absolute Gasteiger partial charge is 0.359 e. The molecule has 1 fully saturated rings. The van der Waals surface area contributed by atoms with Crippen LogP contribution in [0.4, 0.5) is 11.4 Å². The summed E-state index contributed by atoms with van der Waals surface area (Å²) in [5.41, 5.74) is 4.32. The van der Waals surface area contributed by atoms with Gasteiger partial charge in [0.05, 0.1) is 22.7 Å². The van der Waals surface area contributed by atoms with Gasteiger partial charge in [-0.15, -0.1) is 0 Å². The van der Waals surface area contributed by atoms with Crippen LogP contribution in [0.2, 0.25) is 0 Å². The fourth-order valence-corrected chi connectivity index (χ4v) is 4.66. The smallest absolute Gasteiger partial charge is 0.255 e. The Labute approximate surface area is 173 Å². The van der Waals surface area contributed by atoms with Crippen molar-refractivity contribution in [2.24, 2.45) is 0 Å². The lowest BCUT2D eigenvalue weighted by Gasteiger charge is -2.32. The fraction of sp³-hybridized carbons (Fsp3) is 0.0909. The third-order valence-electron chi connectivity index (χ3n) is 5.17. The molecule has 4 aromatic rings. The van der Waals surface area contributed by atoms with Crippen molar-refractivity contribution >= 4 is 38.2 Å². The summed E-state index contributed by atoms with van der Waals surface area (Å²) in [6, 6.07) is 18.0. The molecule has 0 spiro atoms. The van der Waals surface area contributed by atoms with Gasteiger partial charge >= 0.3 is 0 Å². The molecule has 150 valence electrons. The minimum atomic E-state index is -3.18. The van der Waals surface area contributed by atoms with E-state index in [1.54, 1.807) is 30.5 Å². The summed E-state index contributed by atoms with van der Waals surface area (Å²) in [6.07, 6.45) is 3.63. The third-order valence-corrected chi connectivity index (χ3v) is 6.94. The number of H-pyrrole nitrogens is 1. The Hall–Kier alpha value is -3.65. The van der Waals surface area contributed by atoms with Crippen LogP contribution in [0, 0.1) is 0 Å². The quantitative estimate of drug-likeness (QED) is 0.529. The molecule has 1 amide bonds. The zero-order valence-corrected chi connectivity index (χ0v) is 16.7. The lowest BCUT2D eigenvalue weighted by atomic mass is 10.1. The van der Waals surface area contributed by atoms with Gasteiger partial charge in [-0.3, -0.25) is 14.1 Å². The first-order chi connectivity index (χ1) is 14.5. The number of hydrogen-bond donors (Lipinski definition) is 2. The minimum absolute atomic E-state index is 0.163. The maximum Gasteiger partial charge on any atom is 0.255 e. The first-order valence-corrected chi connectivity index (χ1v) is 11.1. The number of rotatable bonds is 4. The Balaban J connectivity index is 1.37. The number of nitrogens with zero attached hydrogens (tertiary/aromatic N) is 2. The van der Waals surface area contributed by atoms with Crippen molar-refractivity contribution < 1.29 is 13.2 Å². The number of hydrogen-bond acceptors (Lipinski definition) is 4. The van der Waals surface area contributed by atoms with E-state index in [4.69, 9.17) is 0 Å². The molecular weight excluding hydrogens is 400 g/mol. The average molecular weight is 418 g/mol. The summed E-state index contributed by atoms with van der Waals surface area (Å²) in [5.74, 6) is -0.104. The molecule has 0 bridgehead atoms. The molecular formula is C22H18N4O3S. The first kappa shape index (κ1) is 18.4. The normalized spacial score (nSPS) is 15.0. The van der Waals surface area contributed by atoms with Gasteiger partial charge in [-0.1, -0.05) is 12.1 Å². The van der Waals surface area contributed by atoms with E-state index in [9.17, 15) is 13.2 Å². The van der Waals surface area contributed by atoms with Gasteiger partial charge in [-0.05, 0) is 48.5 Å². The van der Waals surface area contributed by atoms with Gasteiger partial charge in [0.1, 0.15) is 0 Å². The van der Waals surface area contributed by atoms with Crippen molar-refractivity contribution in [2.75, 3.05) is 21.9 Å². The van der Waals surface area contributed by atoms with Gasteiger partial charge in [-0.2, -0.15) is 0 Å². The molecule has 8 heteroatoms. The summed E-state index contributed by atoms with van der Waals surface area (Å²) in [6.45, 7) is 0.474. The van der Waals surface area contributed by atoms with Crippen LogP contribution in [0.5, 0.6) is 0 Å². The van der Waals surface area contributed by atoms with Crippen LogP contribution in [-0.2, 0) is 10.0 Å². The average Bonchev–Trinajstić information content (AvgIpc) is 3.23. The molecule has 1 saturated heterocycles. The highest BCUT2D eigenvalue weighted by atomic mass is 32.2. The van der Waals surface area contributed by atoms with E-state index in [1.165, 1.54) is 4.31 Å². The molecule has 2 aromatic carbocycles. The molecule has 1 aliphatic rings. The van der Waals surface area contributed by atoms with E-state index in [1.807, 2.05) is 42.6 Å². The van der Waals surface area contributed by atoms with Crippen molar-refractivity contribution in [3.63, 3.8) is 0 Å². The predicted molar refractivity (Wildman–Crippen MR) is 117 cm³/mol. The molecule has 0 unspecified atom stereocenters. The van der Waals surface area contributed by atoms with Gasteiger partial charge in [0, 0.05) is 41.1 Å². The topological polar surface area (TPSA) is 95.2 Å². The number of pyridine rings is 1. The van der Waals surface area contributed by atoms with Gasteiger partial charge in [0.15, 0.2) is 0 Å². The van der Waals surface area contributed by atoms with Crippen molar-refractivity contribution in [3.05, 3.63) is 78.6 Å². The summed E-state index contributed by atoms with van der Waals surface area (Å²) < 4.78 is 24.8. The molecule has 0 aliphatic carbocycles. The number of anilines is 2. The molecule has 1 aliphatic heterocycles. The van der Waals surface area contributed by atoms with E-state index in [2.05, 4.69) is 15.3 Å². The predicted octanol–water partition coefficient (Wildman–Crippen LogP) is 3.63. The molecule has 5 rings (SSSR count). The summed E-state index contributed by atoms with van der Waals surface area (Å²) in [7, 11) is -3.18. The Morgan fingerprint density at radius 1 is 1.07 bits per heavy atom. The molecule has 2 N–H and O–H groups in total. The van der Waals surface area contributed by atoms with E-state index in [0.29, 0.717) is 23.5 Å². The highest BCUT2D eigenvalue weighted by Crippen LogP contribution is 2.28. The van der Waals surface area contributed by atoms with Gasteiger partial charge < -0.3 is 10.3 Å². The molecule has 30 heavy (non-hydrogen) atoms. The van der Waals surface area contributed by atoms with E-state index in [-0.39, 0.29) is 11.7 Å². The van der Waals surface area contributed by atoms with Crippen LogP contribution in [0.1, 0.15) is 10.4 Å². The molecule has 7 nitrogen and oxygen atoms in total. The Morgan fingerprint density at radius 2 is 1.90 bits per heavy atom. The van der Waals surface area contributed by atoms with Crippen LogP contribution >= 0.6 is 0 Å². The number of fused-ring (bicyclic) bond motifs is 1. The number of amides is 1. The van der Waals surface area contributed by atoms with E-state index < -0.39 is 10.0 Å².